The highest BCUT2D eigenvalue weighted by Crippen LogP contribution is 2.24. The second kappa shape index (κ2) is 3.84. The summed E-state index contributed by atoms with van der Waals surface area (Å²) in [5.41, 5.74) is 5.37. The van der Waals surface area contributed by atoms with Crippen LogP contribution in [0, 0.1) is 18.4 Å². The van der Waals surface area contributed by atoms with Crippen LogP contribution in [0.3, 0.4) is 0 Å². The molecule has 0 saturated carbocycles. The van der Waals surface area contributed by atoms with Gasteiger partial charge in [0.15, 0.2) is 0 Å². The number of rotatable bonds is 0. The van der Waals surface area contributed by atoms with E-state index in [0.717, 1.165) is 22.3 Å². The summed E-state index contributed by atoms with van der Waals surface area (Å²) in [5.74, 6) is 4.22. The molecule has 2 rings (SSSR count). The largest absolute Gasteiger partial charge is 0.460 e. The van der Waals surface area contributed by atoms with Gasteiger partial charge in [-0.1, -0.05) is 37.7 Å². The van der Waals surface area contributed by atoms with E-state index in [1.54, 1.807) is 0 Å². The van der Waals surface area contributed by atoms with Crippen LogP contribution in [0.25, 0.3) is 11.0 Å². The van der Waals surface area contributed by atoms with Gasteiger partial charge < -0.3 is 4.42 Å². The molecule has 0 amide bonds. The van der Waals surface area contributed by atoms with E-state index in [1.165, 1.54) is 0 Å². The zero-order valence-electron chi connectivity index (χ0n) is 10.2. The molecule has 0 bridgehead atoms. The number of benzene rings is 1. The number of hydrogen-bond acceptors (Lipinski definition) is 1. The first kappa shape index (κ1) is 11.0. The monoisotopic (exact) mass is 228 g/mol. The molecule has 0 atom stereocenters. The van der Waals surface area contributed by atoms with Gasteiger partial charge >= 0.3 is 0 Å². The van der Waals surface area contributed by atoms with Crippen LogP contribution < -0.4 is 0 Å². The molecule has 0 unspecified atom stereocenters. The predicted octanol–water partition coefficient (Wildman–Crippen LogP) is 3.97. The second-order valence-electron chi connectivity index (χ2n) is 5.03. The molecule has 82 valence electrons. The Balaban J connectivity index is 2.59. The van der Waals surface area contributed by atoms with E-state index < -0.39 is 8.07 Å². The number of hydrogen-bond donors (Lipinski definition) is 0. The SMILES string of the molecule is Cc1oc2ccccc2c1C#C[Si](C)(C)C. The van der Waals surface area contributed by atoms with Crippen molar-refractivity contribution in [1.82, 2.24) is 0 Å². The molecule has 0 aliphatic heterocycles. The lowest BCUT2D eigenvalue weighted by atomic mass is 10.1. The van der Waals surface area contributed by atoms with E-state index in [4.69, 9.17) is 4.42 Å². The second-order valence-corrected chi connectivity index (χ2v) is 9.78. The minimum atomic E-state index is -1.33. The minimum absolute atomic E-state index is 0.923. The number of furan rings is 1. The average molecular weight is 228 g/mol. The van der Waals surface area contributed by atoms with Gasteiger partial charge in [0.1, 0.15) is 19.4 Å². The first-order valence-electron chi connectivity index (χ1n) is 5.49. The van der Waals surface area contributed by atoms with Gasteiger partial charge in [-0.2, -0.15) is 0 Å². The molecule has 1 aromatic heterocycles. The summed E-state index contributed by atoms with van der Waals surface area (Å²) < 4.78 is 5.68. The fourth-order valence-electron chi connectivity index (χ4n) is 1.57. The van der Waals surface area contributed by atoms with E-state index in [9.17, 15) is 0 Å². The van der Waals surface area contributed by atoms with Crippen LogP contribution in [0.5, 0.6) is 0 Å². The van der Waals surface area contributed by atoms with Gasteiger partial charge in [-0.25, -0.2) is 0 Å². The first-order valence-corrected chi connectivity index (χ1v) is 8.99. The average Bonchev–Trinajstić information content (AvgIpc) is 2.49. The van der Waals surface area contributed by atoms with Crippen LogP contribution in [-0.2, 0) is 0 Å². The molecule has 2 aromatic rings. The molecule has 1 nitrogen and oxygen atoms in total. The van der Waals surface area contributed by atoms with Crippen LogP contribution in [0.2, 0.25) is 19.6 Å². The molecule has 0 N–H and O–H groups in total. The van der Waals surface area contributed by atoms with Crippen LogP contribution in [0.4, 0.5) is 0 Å². The fourth-order valence-corrected chi connectivity index (χ4v) is 2.07. The van der Waals surface area contributed by atoms with Crippen molar-refractivity contribution in [3.05, 3.63) is 35.6 Å². The molecule has 0 aliphatic carbocycles. The maximum atomic E-state index is 5.68. The topological polar surface area (TPSA) is 13.1 Å². The highest BCUT2D eigenvalue weighted by Gasteiger charge is 2.10. The highest BCUT2D eigenvalue weighted by molar-refractivity contribution is 6.83. The summed E-state index contributed by atoms with van der Waals surface area (Å²) in [6.07, 6.45) is 0. The summed E-state index contributed by atoms with van der Waals surface area (Å²) >= 11 is 0. The molecule has 0 spiro atoms. The maximum absolute atomic E-state index is 5.68. The summed E-state index contributed by atoms with van der Waals surface area (Å²) in [6.45, 7) is 8.72. The molecular weight excluding hydrogens is 212 g/mol. The van der Waals surface area contributed by atoms with Gasteiger partial charge in [0.25, 0.3) is 0 Å². The van der Waals surface area contributed by atoms with Crippen molar-refractivity contribution in [2.45, 2.75) is 26.6 Å². The van der Waals surface area contributed by atoms with Gasteiger partial charge in [-0.3, -0.25) is 0 Å². The molecule has 0 radical (unpaired) electrons. The van der Waals surface area contributed by atoms with Crippen molar-refractivity contribution < 1.29 is 4.42 Å². The van der Waals surface area contributed by atoms with Gasteiger partial charge in [0.05, 0.1) is 5.56 Å². The lowest BCUT2D eigenvalue weighted by molar-refractivity contribution is 0.577. The zero-order chi connectivity index (χ0) is 11.8. The Bertz CT molecular complexity index is 576. The Labute approximate surface area is 97.5 Å². The normalized spacial score (nSPS) is 11.2. The van der Waals surface area contributed by atoms with Gasteiger partial charge in [-0.15, -0.1) is 5.54 Å². The third kappa shape index (κ3) is 2.20. The van der Waals surface area contributed by atoms with E-state index in [-0.39, 0.29) is 0 Å². The van der Waals surface area contributed by atoms with E-state index >= 15 is 0 Å². The predicted molar refractivity (Wildman–Crippen MR) is 71.2 cm³/mol. The Morgan fingerprint density at radius 3 is 2.50 bits per heavy atom. The van der Waals surface area contributed by atoms with E-state index in [0.29, 0.717) is 0 Å². The van der Waals surface area contributed by atoms with Crippen LogP contribution in [-0.4, -0.2) is 8.07 Å². The van der Waals surface area contributed by atoms with Crippen molar-refractivity contribution in [3.8, 4) is 11.5 Å². The zero-order valence-corrected chi connectivity index (χ0v) is 11.2. The summed E-state index contributed by atoms with van der Waals surface area (Å²) in [7, 11) is -1.33. The van der Waals surface area contributed by atoms with Crippen molar-refractivity contribution in [3.63, 3.8) is 0 Å². The van der Waals surface area contributed by atoms with E-state index in [2.05, 4.69) is 37.2 Å². The Kier molecular flexibility index (Phi) is 2.65. The highest BCUT2D eigenvalue weighted by atomic mass is 28.3. The Hall–Kier alpha value is -1.46. The molecule has 1 aromatic carbocycles. The number of fused-ring (bicyclic) bond motifs is 1. The van der Waals surface area contributed by atoms with Crippen molar-refractivity contribution >= 4 is 19.0 Å². The lowest BCUT2D eigenvalue weighted by Gasteiger charge is -2.02. The van der Waals surface area contributed by atoms with Gasteiger partial charge in [0.2, 0.25) is 0 Å². The molecule has 0 fully saturated rings. The van der Waals surface area contributed by atoms with E-state index in [1.807, 2.05) is 25.1 Å². The van der Waals surface area contributed by atoms with Crippen LogP contribution in [0.15, 0.2) is 28.7 Å². The lowest BCUT2D eigenvalue weighted by Crippen LogP contribution is -2.16. The van der Waals surface area contributed by atoms with Crippen LogP contribution >= 0.6 is 0 Å². The molecule has 2 heteroatoms. The van der Waals surface area contributed by atoms with Crippen molar-refractivity contribution in [2.24, 2.45) is 0 Å². The third-order valence-corrected chi connectivity index (χ3v) is 3.21. The molecule has 1 heterocycles. The Morgan fingerprint density at radius 1 is 1.12 bits per heavy atom. The first-order chi connectivity index (χ1) is 7.47. The Morgan fingerprint density at radius 2 is 1.81 bits per heavy atom. The van der Waals surface area contributed by atoms with Gasteiger partial charge in [-0.05, 0) is 19.1 Å². The molecule has 0 aliphatic rings. The number of aryl methyl sites for hydroxylation is 1. The number of para-hydroxylation sites is 1. The third-order valence-electron chi connectivity index (χ3n) is 2.33. The smallest absolute Gasteiger partial charge is 0.135 e. The molecule has 0 saturated heterocycles. The van der Waals surface area contributed by atoms with Crippen molar-refractivity contribution in [1.29, 1.82) is 0 Å². The summed E-state index contributed by atoms with van der Waals surface area (Å²) in [5, 5.41) is 1.13. The molecule has 16 heavy (non-hydrogen) atoms. The quantitative estimate of drug-likeness (QED) is 0.491. The summed E-state index contributed by atoms with van der Waals surface area (Å²) in [6, 6.07) is 8.07. The fraction of sp³-hybridized carbons (Fsp3) is 0.286. The van der Waals surface area contributed by atoms with Crippen molar-refractivity contribution in [2.75, 3.05) is 0 Å². The maximum Gasteiger partial charge on any atom is 0.135 e. The standard InChI is InChI=1S/C14H16OSi/c1-11-12(9-10-16(2,3)4)13-7-5-6-8-14(13)15-11/h5-8H,1-4H3. The van der Waals surface area contributed by atoms with Crippen LogP contribution in [0.1, 0.15) is 11.3 Å². The van der Waals surface area contributed by atoms with Gasteiger partial charge in [0, 0.05) is 5.39 Å². The summed E-state index contributed by atoms with van der Waals surface area (Å²) in [4.78, 5) is 0. The molecular formula is C14H16OSi. The minimum Gasteiger partial charge on any atom is -0.460 e.